The molecule has 0 saturated heterocycles. The van der Waals surface area contributed by atoms with Gasteiger partial charge in [-0.05, 0) is 29.7 Å². The fraction of sp³-hybridized carbons (Fsp3) is 0.923. The lowest BCUT2D eigenvalue weighted by atomic mass is 10.3. The Labute approximate surface area is 129 Å². The minimum Gasteiger partial charge on any atom is -0.390 e. The quantitative estimate of drug-likeness (QED) is 0.434. The summed E-state index contributed by atoms with van der Waals surface area (Å²) in [6, 6.07) is 0.694. The van der Waals surface area contributed by atoms with Gasteiger partial charge in [0.05, 0.1) is 19.3 Å². The standard InChI is InChI=1S/C13H25N5O2S/c1-2-3-8-20-9-12(19)10-21-13-15-16-17-18(13)7-6-14-11-4-5-11/h11-12,14,19H,2-10H2,1H3. The van der Waals surface area contributed by atoms with E-state index in [4.69, 9.17) is 4.74 Å². The first-order valence-electron chi connectivity index (χ1n) is 7.67. The zero-order chi connectivity index (χ0) is 14.9. The molecule has 2 rings (SSSR count). The molecule has 7 nitrogen and oxygen atoms in total. The average molecular weight is 315 g/mol. The summed E-state index contributed by atoms with van der Waals surface area (Å²) in [5, 5.41) is 25.7. The molecule has 1 aliphatic rings. The Bertz CT molecular complexity index is 400. The molecule has 8 heteroatoms. The van der Waals surface area contributed by atoms with Crippen LogP contribution in [0.1, 0.15) is 32.6 Å². The number of rotatable bonds is 12. The average Bonchev–Trinajstić information content (AvgIpc) is 3.20. The summed E-state index contributed by atoms with van der Waals surface area (Å²) in [6.07, 6.45) is 4.21. The zero-order valence-corrected chi connectivity index (χ0v) is 13.4. The monoisotopic (exact) mass is 315 g/mol. The molecular formula is C13H25N5O2S. The second-order valence-electron chi connectivity index (χ2n) is 5.31. The highest BCUT2D eigenvalue weighted by molar-refractivity contribution is 7.99. The van der Waals surface area contributed by atoms with Gasteiger partial charge in [-0.2, -0.15) is 0 Å². The van der Waals surface area contributed by atoms with E-state index in [2.05, 4.69) is 27.8 Å². The SMILES string of the molecule is CCCCOCC(O)CSc1nnnn1CCNC1CC1. The summed E-state index contributed by atoms with van der Waals surface area (Å²) < 4.78 is 7.18. The van der Waals surface area contributed by atoms with E-state index in [0.29, 0.717) is 25.0 Å². The van der Waals surface area contributed by atoms with Crippen molar-refractivity contribution in [3.05, 3.63) is 0 Å². The molecule has 1 heterocycles. The second kappa shape index (κ2) is 9.34. The van der Waals surface area contributed by atoms with Gasteiger partial charge in [-0.3, -0.25) is 0 Å². The molecule has 1 saturated carbocycles. The number of aliphatic hydroxyl groups is 1. The van der Waals surface area contributed by atoms with Crippen molar-refractivity contribution in [3.8, 4) is 0 Å². The van der Waals surface area contributed by atoms with Crippen molar-refractivity contribution in [1.29, 1.82) is 0 Å². The van der Waals surface area contributed by atoms with Crippen LogP contribution in [0.4, 0.5) is 0 Å². The zero-order valence-electron chi connectivity index (χ0n) is 12.6. The van der Waals surface area contributed by atoms with Crippen molar-refractivity contribution in [2.24, 2.45) is 0 Å². The van der Waals surface area contributed by atoms with Gasteiger partial charge in [0.15, 0.2) is 0 Å². The molecule has 1 atom stereocenters. The third kappa shape index (κ3) is 6.73. The van der Waals surface area contributed by atoms with Gasteiger partial charge in [-0.25, -0.2) is 4.68 Å². The number of ether oxygens (including phenoxy) is 1. The predicted molar refractivity (Wildman–Crippen MR) is 81.3 cm³/mol. The molecule has 1 fully saturated rings. The van der Waals surface area contributed by atoms with Gasteiger partial charge in [0.1, 0.15) is 0 Å². The minimum absolute atomic E-state index is 0.373. The van der Waals surface area contributed by atoms with Crippen molar-refractivity contribution in [1.82, 2.24) is 25.5 Å². The Hall–Kier alpha value is -0.700. The Morgan fingerprint density at radius 2 is 2.38 bits per heavy atom. The molecule has 0 aromatic carbocycles. The normalized spacial score (nSPS) is 16.3. The molecular weight excluding hydrogens is 290 g/mol. The molecule has 2 N–H and O–H groups in total. The van der Waals surface area contributed by atoms with Crippen molar-refractivity contribution in [2.75, 3.05) is 25.5 Å². The van der Waals surface area contributed by atoms with E-state index in [1.807, 2.05) is 0 Å². The van der Waals surface area contributed by atoms with Crippen LogP contribution in [-0.4, -0.2) is 63.0 Å². The van der Waals surface area contributed by atoms with Crippen molar-refractivity contribution in [3.63, 3.8) is 0 Å². The highest BCUT2D eigenvalue weighted by Gasteiger charge is 2.20. The molecule has 1 aromatic heterocycles. The summed E-state index contributed by atoms with van der Waals surface area (Å²) in [6.45, 7) is 4.84. The second-order valence-corrected chi connectivity index (χ2v) is 6.29. The smallest absolute Gasteiger partial charge is 0.209 e. The maximum absolute atomic E-state index is 9.86. The number of hydrogen-bond acceptors (Lipinski definition) is 7. The molecule has 1 aliphatic carbocycles. The summed E-state index contributed by atoms with van der Waals surface area (Å²) in [5.41, 5.74) is 0. The van der Waals surface area contributed by atoms with Crippen LogP contribution in [-0.2, 0) is 11.3 Å². The molecule has 0 radical (unpaired) electrons. The molecule has 0 aliphatic heterocycles. The van der Waals surface area contributed by atoms with Gasteiger partial charge in [0, 0.05) is 24.9 Å². The van der Waals surface area contributed by atoms with Gasteiger partial charge in [0.2, 0.25) is 5.16 Å². The minimum atomic E-state index is -0.485. The largest absolute Gasteiger partial charge is 0.390 e. The number of unbranched alkanes of at least 4 members (excludes halogenated alkanes) is 1. The first kappa shape index (κ1) is 16.7. The topological polar surface area (TPSA) is 85.1 Å². The van der Waals surface area contributed by atoms with Gasteiger partial charge < -0.3 is 15.2 Å². The third-order valence-corrected chi connectivity index (χ3v) is 4.29. The number of tetrazole rings is 1. The fourth-order valence-electron chi connectivity index (χ4n) is 1.79. The molecule has 0 bridgehead atoms. The third-order valence-electron chi connectivity index (χ3n) is 3.19. The Kier molecular flexibility index (Phi) is 7.42. The van der Waals surface area contributed by atoms with E-state index in [1.165, 1.54) is 24.6 Å². The molecule has 21 heavy (non-hydrogen) atoms. The van der Waals surface area contributed by atoms with Gasteiger partial charge in [-0.15, -0.1) is 5.10 Å². The van der Waals surface area contributed by atoms with Crippen molar-refractivity contribution < 1.29 is 9.84 Å². The number of nitrogens with one attached hydrogen (secondary N) is 1. The number of thioether (sulfide) groups is 1. The maximum Gasteiger partial charge on any atom is 0.209 e. The lowest BCUT2D eigenvalue weighted by Gasteiger charge is -2.10. The van der Waals surface area contributed by atoms with Crippen molar-refractivity contribution >= 4 is 11.8 Å². The highest BCUT2D eigenvalue weighted by atomic mass is 32.2. The Morgan fingerprint density at radius 3 is 3.14 bits per heavy atom. The van der Waals surface area contributed by atoms with Crippen LogP contribution in [0.15, 0.2) is 5.16 Å². The summed E-state index contributed by atoms with van der Waals surface area (Å²) in [7, 11) is 0. The number of hydrogen-bond donors (Lipinski definition) is 2. The molecule has 0 amide bonds. The van der Waals surface area contributed by atoms with Crippen LogP contribution in [0.5, 0.6) is 0 Å². The predicted octanol–water partition coefficient (Wildman–Crippen LogP) is 0.695. The lowest BCUT2D eigenvalue weighted by Crippen LogP contribution is -2.23. The van der Waals surface area contributed by atoms with Gasteiger partial charge >= 0.3 is 0 Å². The van der Waals surface area contributed by atoms with Gasteiger partial charge in [-0.1, -0.05) is 25.1 Å². The summed E-state index contributed by atoms with van der Waals surface area (Å²) in [5.74, 6) is 0.544. The fourth-order valence-corrected chi connectivity index (χ4v) is 2.60. The number of aliphatic hydroxyl groups excluding tert-OH is 1. The highest BCUT2D eigenvalue weighted by Crippen LogP contribution is 2.18. The summed E-state index contributed by atoms with van der Waals surface area (Å²) >= 11 is 1.47. The summed E-state index contributed by atoms with van der Waals surface area (Å²) in [4.78, 5) is 0. The Morgan fingerprint density at radius 1 is 1.52 bits per heavy atom. The van der Waals surface area contributed by atoms with E-state index < -0.39 is 6.10 Å². The van der Waals surface area contributed by atoms with E-state index in [1.54, 1.807) is 4.68 Å². The number of nitrogens with zero attached hydrogens (tertiary/aromatic N) is 4. The molecule has 0 spiro atoms. The van der Waals surface area contributed by atoms with Crippen LogP contribution in [0.2, 0.25) is 0 Å². The number of aromatic nitrogens is 4. The van der Waals surface area contributed by atoms with Crippen molar-refractivity contribution in [2.45, 2.75) is 56.5 Å². The molecule has 1 unspecified atom stereocenters. The van der Waals surface area contributed by atoms with Crippen LogP contribution in [0.25, 0.3) is 0 Å². The van der Waals surface area contributed by atoms with Crippen LogP contribution in [0.3, 0.4) is 0 Å². The van der Waals surface area contributed by atoms with E-state index in [-0.39, 0.29) is 0 Å². The van der Waals surface area contributed by atoms with E-state index >= 15 is 0 Å². The van der Waals surface area contributed by atoms with Gasteiger partial charge in [0.25, 0.3) is 0 Å². The van der Waals surface area contributed by atoms with E-state index in [9.17, 15) is 5.11 Å². The molecule has 1 aromatic rings. The maximum atomic E-state index is 9.86. The van der Waals surface area contributed by atoms with Crippen LogP contribution < -0.4 is 5.32 Å². The first-order valence-corrected chi connectivity index (χ1v) is 8.66. The van der Waals surface area contributed by atoms with E-state index in [0.717, 1.165) is 31.1 Å². The molecule has 120 valence electrons. The lowest BCUT2D eigenvalue weighted by molar-refractivity contribution is 0.0473. The van der Waals surface area contributed by atoms with Crippen LogP contribution in [0, 0.1) is 0 Å². The Balaban J connectivity index is 1.61. The first-order chi connectivity index (χ1) is 10.3. The van der Waals surface area contributed by atoms with Crippen LogP contribution >= 0.6 is 11.8 Å².